The monoisotopic (exact) mass is 291 g/mol. The summed E-state index contributed by atoms with van der Waals surface area (Å²) < 4.78 is 0. The number of alkyl halides is 1. The minimum atomic E-state index is 0.231. The van der Waals surface area contributed by atoms with Crippen LogP contribution in [0.3, 0.4) is 0 Å². The fourth-order valence-electron chi connectivity index (χ4n) is 3.49. The highest BCUT2D eigenvalue weighted by Gasteiger charge is 2.47. The Morgan fingerprint density at radius 3 is 2.85 bits per heavy atom. The van der Waals surface area contributed by atoms with Gasteiger partial charge in [0.1, 0.15) is 0 Å². The van der Waals surface area contributed by atoms with Crippen LogP contribution in [0.4, 0.5) is 0 Å². The van der Waals surface area contributed by atoms with Crippen molar-refractivity contribution >= 4 is 17.5 Å². The van der Waals surface area contributed by atoms with Gasteiger partial charge in [0, 0.05) is 24.4 Å². The average Bonchev–Trinajstić information content (AvgIpc) is 3.16. The molecule has 3 heteroatoms. The lowest BCUT2D eigenvalue weighted by atomic mass is 10.1. The highest BCUT2D eigenvalue weighted by atomic mass is 35.5. The van der Waals surface area contributed by atoms with Crippen molar-refractivity contribution in [2.75, 3.05) is 12.4 Å². The lowest BCUT2D eigenvalue weighted by Gasteiger charge is -2.25. The molecule has 3 unspecified atom stereocenters. The summed E-state index contributed by atoms with van der Waals surface area (Å²) in [5, 5.41) is 0. The van der Waals surface area contributed by atoms with Crippen LogP contribution in [0.5, 0.6) is 0 Å². The first kappa shape index (κ1) is 13.9. The van der Waals surface area contributed by atoms with Crippen LogP contribution in [0, 0.1) is 5.92 Å². The molecule has 1 aliphatic carbocycles. The predicted octanol–water partition coefficient (Wildman–Crippen LogP) is 3.80. The van der Waals surface area contributed by atoms with Gasteiger partial charge in [-0.15, -0.1) is 11.6 Å². The van der Waals surface area contributed by atoms with E-state index in [1.54, 1.807) is 0 Å². The van der Waals surface area contributed by atoms with Crippen LogP contribution >= 0.6 is 11.6 Å². The molecule has 2 aliphatic rings. The molecule has 1 saturated heterocycles. The molecular weight excluding hydrogens is 270 g/mol. The first-order valence-corrected chi connectivity index (χ1v) is 8.26. The Balaban J connectivity index is 1.60. The molecular formula is C17H22ClNO. The first-order valence-electron chi connectivity index (χ1n) is 7.72. The molecule has 2 fully saturated rings. The second-order valence-corrected chi connectivity index (χ2v) is 6.40. The van der Waals surface area contributed by atoms with E-state index in [9.17, 15) is 4.79 Å². The minimum absolute atomic E-state index is 0.231. The van der Waals surface area contributed by atoms with Gasteiger partial charge in [-0.2, -0.15) is 0 Å². The molecule has 1 saturated carbocycles. The van der Waals surface area contributed by atoms with Gasteiger partial charge in [0.15, 0.2) is 0 Å². The van der Waals surface area contributed by atoms with Crippen molar-refractivity contribution in [2.45, 2.75) is 44.1 Å². The third-order valence-corrected chi connectivity index (χ3v) is 4.93. The maximum Gasteiger partial charge on any atom is 0.226 e. The molecule has 1 amide bonds. The van der Waals surface area contributed by atoms with E-state index in [1.165, 1.54) is 5.56 Å². The molecule has 2 nitrogen and oxygen atoms in total. The van der Waals surface area contributed by atoms with Gasteiger partial charge in [-0.3, -0.25) is 4.79 Å². The summed E-state index contributed by atoms with van der Waals surface area (Å²) >= 11 is 5.78. The largest absolute Gasteiger partial charge is 0.339 e. The highest BCUT2D eigenvalue weighted by Crippen LogP contribution is 2.49. The number of carbonyl (C=O) groups is 1. The van der Waals surface area contributed by atoms with Gasteiger partial charge in [0.2, 0.25) is 5.91 Å². The van der Waals surface area contributed by atoms with E-state index in [0.717, 1.165) is 38.6 Å². The number of benzene rings is 1. The Bertz CT molecular complexity index is 461. The van der Waals surface area contributed by atoms with Crippen LogP contribution in [-0.2, 0) is 4.79 Å². The number of carbonyl (C=O) groups excluding carboxylic acids is 1. The number of likely N-dealkylation sites (tertiary alicyclic amines) is 1. The standard InChI is InChI=1S/C17H22ClNO/c18-10-4-8-14-9-5-11-19(14)17(20)16-12-15(16)13-6-2-1-3-7-13/h1-3,6-7,14-16H,4-5,8-12H2. The van der Waals surface area contributed by atoms with Gasteiger partial charge < -0.3 is 4.90 Å². The molecule has 1 aromatic carbocycles. The molecule has 3 rings (SSSR count). The summed E-state index contributed by atoms with van der Waals surface area (Å²) in [5.74, 6) is 1.78. The number of amides is 1. The second kappa shape index (κ2) is 6.17. The van der Waals surface area contributed by atoms with E-state index in [0.29, 0.717) is 23.7 Å². The van der Waals surface area contributed by atoms with Gasteiger partial charge in [-0.05, 0) is 43.6 Å². The van der Waals surface area contributed by atoms with Crippen LogP contribution in [0.15, 0.2) is 30.3 Å². The molecule has 1 heterocycles. The number of hydrogen-bond donors (Lipinski definition) is 0. The van der Waals surface area contributed by atoms with E-state index in [2.05, 4.69) is 29.2 Å². The van der Waals surface area contributed by atoms with E-state index in [1.807, 2.05) is 6.07 Å². The topological polar surface area (TPSA) is 20.3 Å². The normalized spacial score (nSPS) is 28.6. The quantitative estimate of drug-likeness (QED) is 0.756. The SMILES string of the molecule is O=C(C1CC1c1ccccc1)N1CCCC1CCCCl. The van der Waals surface area contributed by atoms with Crippen molar-refractivity contribution in [1.82, 2.24) is 4.90 Å². The Hall–Kier alpha value is -1.02. The van der Waals surface area contributed by atoms with E-state index in [4.69, 9.17) is 11.6 Å². The first-order chi connectivity index (χ1) is 9.81. The zero-order valence-corrected chi connectivity index (χ0v) is 12.6. The summed E-state index contributed by atoms with van der Waals surface area (Å²) in [6.45, 7) is 0.948. The van der Waals surface area contributed by atoms with Gasteiger partial charge in [-0.25, -0.2) is 0 Å². The zero-order valence-electron chi connectivity index (χ0n) is 11.8. The average molecular weight is 292 g/mol. The summed E-state index contributed by atoms with van der Waals surface area (Å²) in [6, 6.07) is 10.9. The number of nitrogens with zero attached hydrogens (tertiary/aromatic N) is 1. The van der Waals surface area contributed by atoms with Crippen LogP contribution < -0.4 is 0 Å². The molecule has 0 aromatic heterocycles. The lowest BCUT2D eigenvalue weighted by Crippen LogP contribution is -2.36. The third kappa shape index (κ3) is 2.85. The highest BCUT2D eigenvalue weighted by molar-refractivity contribution is 6.17. The van der Waals surface area contributed by atoms with Gasteiger partial charge in [0.25, 0.3) is 0 Å². The fourth-order valence-corrected chi connectivity index (χ4v) is 3.64. The van der Waals surface area contributed by atoms with Gasteiger partial charge >= 0.3 is 0 Å². The van der Waals surface area contributed by atoms with Crippen molar-refractivity contribution in [3.63, 3.8) is 0 Å². The number of rotatable bonds is 5. The molecule has 108 valence electrons. The maximum atomic E-state index is 12.7. The Morgan fingerprint density at radius 1 is 1.30 bits per heavy atom. The van der Waals surface area contributed by atoms with Crippen molar-refractivity contribution in [2.24, 2.45) is 5.92 Å². The summed E-state index contributed by atoms with van der Waals surface area (Å²) in [6.07, 6.45) is 5.43. The predicted molar refractivity (Wildman–Crippen MR) is 82.0 cm³/mol. The molecule has 0 radical (unpaired) electrons. The van der Waals surface area contributed by atoms with Gasteiger partial charge in [-0.1, -0.05) is 30.3 Å². The van der Waals surface area contributed by atoms with Crippen LogP contribution in [0.2, 0.25) is 0 Å². The van der Waals surface area contributed by atoms with Crippen molar-refractivity contribution in [3.8, 4) is 0 Å². The minimum Gasteiger partial charge on any atom is -0.339 e. The van der Waals surface area contributed by atoms with Gasteiger partial charge in [0.05, 0.1) is 0 Å². The molecule has 0 bridgehead atoms. The fraction of sp³-hybridized carbons (Fsp3) is 0.588. The number of halogens is 1. The summed E-state index contributed by atoms with van der Waals surface area (Å²) in [7, 11) is 0. The van der Waals surface area contributed by atoms with E-state index >= 15 is 0 Å². The lowest BCUT2D eigenvalue weighted by molar-refractivity contribution is -0.133. The maximum absolute atomic E-state index is 12.7. The molecule has 0 spiro atoms. The van der Waals surface area contributed by atoms with Crippen molar-refractivity contribution in [1.29, 1.82) is 0 Å². The second-order valence-electron chi connectivity index (χ2n) is 6.02. The summed E-state index contributed by atoms with van der Waals surface area (Å²) in [4.78, 5) is 14.8. The summed E-state index contributed by atoms with van der Waals surface area (Å²) in [5.41, 5.74) is 1.32. The van der Waals surface area contributed by atoms with Crippen LogP contribution in [-0.4, -0.2) is 29.3 Å². The Labute approximate surface area is 126 Å². The molecule has 20 heavy (non-hydrogen) atoms. The van der Waals surface area contributed by atoms with Crippen molar-refractivity contribution in [3.05, 3.63) is 35.9 Å². The molecule has 1 aliphatic heterocycles. The Morgan fingerprint density at radius 2 is 2.10 bits per heavy atom. The van der Waals surface area contributed by atoms with Crippen LogP contribution in [0.25, 0.3) is 0 Å². The third-order valence-electron chi connectivity index (χ3n) is 4.67. The molecule has 0 N–H and O–H groups in total. The Kier molecular flexibility index (Phi) is 4.30. The smallest absolute Gasteiger partial charge is 0.226 e. The van der Waals surface area contributed by atoms with E-state index in [-0.39, 0.29) is 5.92 Å². The number of hydrogen-bond acceptors (Lipinski definition) is 1. The molecule has 1 aromatic rings. The van der Waals surface area contributed by atoms with E-state index < -0.39 is 0 Å². The zero-order chi connectivity index (χ0) is 13.9. The van der Waals surface area contributed by atoms with Crippen LogP contribution in [0.1, 0.15) is 43.6 Å². The molecule has 3 atom stereocenters. The van der Waals surface area contributed by atoms with Crippen molar-refractivity contribution < 1.29 is 4.79 Å².